The van der Waals surface area contributed by atoms with E-state index in [4.69, 9.17) is 15.2 Å². The molecule has 0 aliphatic heterocycles. The fraction of sp³-hybridized carbons (Fsp3) is 0.455. The van der Waals surface area contributed by atoms with Crippen LogP contribution in [-0.4, -0.2) is 46.5 Å². The van der Waals surface area contributed by atoms with E-state index >= 15 is 0 Å². The van der Waals surface area contributed by atoms with Crippen LogP contribution in [0.5, 0.6) is 0 Å². The Kier molecular flexibility index (Phi) is 10.7. The zero-order valence-electron chi connectivity index (χ0n) is 19.4. The number of esters is 1. The van der Waals surface area contributed by atoms with E-state index in [0.29, 0.717) is 5.56 Å². The molecule has 0 spiro atoms. The van der Waals surface area contributed by atoms with Crippen LogP contribution in [0.1, 0.15) is 45.6 Å². The van der Waals surface area contributed by atoms with Crippen molar-refractivity contribution < 1.29 is 33.6 Å². The number of carbonyl (C=O) groups excluding carboxylic acids is 4. The van der Waals surface area contributed by atoms with Gasteiger partial charge in [-0.2, -0.15) is 0 Å². The predicted molar refractivity (Wildman–Crippen MR) is 121 cm³/mol. The first-order chi connectivity index (χ1) is 15.8. The van der Waals surface area contributed by atoms with Crippen LogP contribution in [0.15, 0.2) is 36.9 Å². The molecule has 3 amide bonds. The third-order valence-corrected chi connectivity index (χ3v) is 4.25. The molecule has 1 rings (SSSR count). The summed E-state index contributed by atoms with van der Waals surface area (Å²) in [7, 11) is 0. The lowest BCUT2D eigenvalue weighted by Crippen LogP contribution is -2.53. The van der Waals surface area contributed by atoms with E-state index in [1.54, 1.807) is 20.8 Å². The van der Waals surface area contributed by atoms with Crippen molar-refractivity contribution in [2.45, 2.75) is 64.3 Å². The molecule has 0 unspecified atom stereocenters. The Labute approximate surface area is 197 Å². The van der Waals surface area contributed by atoms with E-state index in [-0.39, 0.29) is 31.6 Å². The van der Waals surface area contributed by atoms with E-state index in [2.05, 4.69) is 17.2 Å². The Morgan fingerprint density at radius 1 is 1.15 bits per heavy atom. The van der Waals surface area contributed by atoms with Gasteiger partial charge >= 0.3 is 12.1 Å². The zero-order valence-corrected chi connectivity index (χ0v) is 19.4. The maximum absolute atomic E-state index is 12.6. The Bertz CT molecular complexity index is 908. The molecule has 1 aromatic carbocycles. The van der Waals surface area contributed by atoms with Gasteiger partial charge in [-0.3, -0.25) is 24.5 Å². The van der Waals surface area contributed by atoms with Crippen molar-refractivity contribution in [3.8, 4) is 0 Å². The van der Waals surface area contributed by atoms with Gasteiger partial charge in [0, 0.05) is 18.6 Å². The largest absolute Gasteiger partial charge is 0.461 e. The topological polar surface area (TPSA) is 180 Å². The minimum Gasteiger partial charge on any atom is -0.461 e. The minimum atomic E-state index is -1.19. The second-order valence-electron chi connectivity index (χ2n) is 8.31. The maximum atomic E-state index is 12.6. The lowest BCUT2D eigenvalue weighted by molar-refractivity contribution is -0.384. The molecule has 0 aliphatic rings. The lowest BCUT2D eigenvalue weighted by atomic mass is 10.1. The van der Waals surface area contributed by atoms with E-state index in [9.17, 15) is 29.3 Å². The third kappa shape index (κ3) is 10.6. The first-order valence-electron chi connectivity index (χ1n) is 10.4. The highest BCUT2D eigenvalue weighted by Gasteiger charge is 2.27. The standard InChI is InChI=1S/C22H30N4O8/c1-5-6-17(25-21(30)34-22(2,3)4)20(29)24-16(19(23)28)11-12-18(27)33-13-14-7-9-15(10-8-14)26(31)32/h5,7-10,16-17H,1,6,11-13H2,2-4H3,(H2,23,28)(H,24,29)(H,25,30)/t16-,17+/m1/s1. The SMILES string of the molecule is C=CC[C@H](NC(=O)OC(C)(C)C)C(=O)N[C@H](CCC(=O)OCc1ccc([N+](=O)[O-])cc1)C(N)=O. The van der Waals surface area contributed by atoms with Crippen LogP contribution in [0.3, 0.4) is 0 Å². The van der Waals surface area contributed by atoms with Crippen LogP contribution in [0.4, 0.5) is 10.5 Å². The third-order valence-electron chi connectivity index (χ3n) is 4.25. The predicted octanol–water partition coefficient (Wildman–Crippen LogP) is 1.86. The number of carbonyl (C=O) groups is 4. The van der Waals surface area contributed by atoms with Crippen molar-refractivity contribution >= 4 is 29.6 Å². The molecule has 0 bridgehead atoms. The molecule has 186 valence electrons. The van der Waals surface area contributed by atoms with E-state index in [1.807, 2.05) is 0 Å². The maximum Gasteiger partial charge on any atom is 0.408 e. The Morgan fingerprint density at radius 3 is 2.26 bits per heavy atom. The molecule has 0 aliphatic carbocycles. The summed E-state index contributed by atoms with van der Waals surface area (Å²) in [5, 5.41) is 15.5. The number of alkyl carbamates (subject to hydrolysis) is 1. The fourth-order valence-corrected chi connectivity index (χ4v) is 2.62. The van der Waals surface area contributed by atoms with Gasteiger partial charge in [0.25, 0.3) is 5.69 Å². The number of nitrogens with two attached hydrogens (primary N) is 1. The van der Waals surface area contributed by atoms with Gasteiger partial charge in [-0.05, 0) is 51.3 Å². The summed E-state index contributed by atoms with van der Waals surface area (Å²) in [4.78, 5) is 58.5. The number of primary amides is 1. The second-order valence-corrected chi connectivity index (χ2v) is 8.31. The summed E-state index contributed by atoms with van der Waals surface area (Å²) < 4.78 is 10.2. The fourth-order valence-electron chi connectivity index (χ4n) is 2.62. The zero-order chi connectivity index (χ0) is 25.9. The summed E-state index contributed by atoms with van der Waals surface area (Å²) in [5.74, 6) is -2.23. The molecule has 0 saturated heterocycles. The molecule has 0 fully saturated rings. The Morgan fingerprint density at radius 2 is 1.76 bits per heavy atom. The van der Waals surface area contributed by atoms with Gasteiger partial charge in [-0.1, -0.05) is 6.08 Å². The summed E-state index contributed by atoms with van der Waals surface area (Å²) in [6, 6.07) is 3.22. The summed E-state index contributed by atoms with van der Waals surface area (Å²) >= 11 is 0. The van der Waals surface area contributed by atoms with E-state index < -0.39 is 46.5 Å². The molecule has 34 heavy (non-hydrogen) atoms. The minimum absolute atomic E-state index is 0.0633. The number of nitro groups is 1. The van der Waals surface area contributed by atoms with Crippen LogP contribution < -0.4 is 16.4 Å². The van der Waals surface area contributed by atoms with Gasteiger partial charge in [-0.15, -0.1) is 6.58 Å². The quantitative estimate of drug-likeness (QED) is 0.176. The Hall–Kier alpha value is -3.96. The van der Waals surface area contributed by atoms with Crippen LogP contribution >= 0.6 is 0 Å². The van der Waals surface area contributed by atoms with Crippen molar-refractivity contribution in [2.24, 2.45) is 5.73 Å². The van der Waals surface area contributed by atoms with Crippen LogP contribution in [0, 0.1) is 10.1 Å². The molecule has 0 saturated carbocycles. The van der Waals surface area contributed by atoms with Gasteiger partial charge in [0.05, 0.1) is 4.92 Å². The molecule has 4 N–H and O–H groups in total. The molecule has 12 nitrogen and oxygen atoms in total. The summed E-state index contributed by atoms with van der Waals surface area (Å²) in [6.45, 7) is 8.42. The number of non-ortho nitro benzene ring substituents is 1. The molecule has 0 heterocycles. The van der Waals surface area contributed by atoms with Crippen molar-refractivity contribution in [3.05, 3.63) is 52.6 Å². The number of nitro benzene ring substituents is 1. The highest BCUT2D eigenvalue weighted by atomic mass is 16.6. The van der Waals surface area contributed by atoms with Crippen LogP contribution in [-0.2, 0) is 30.5 Å². The van der Waals surface area contributed by atoms with Gasteiger partial charge < -0.3 is 25.8 Å². The number of ether oxygens (including phenoxy) is 2. The highest BCUT2D eigenvalue weighted by molar-refractivity contribution is 5.91. The van der Waals surface area contributed by atoms with Crippen molar-refractivity contribution in [1.29, 1.82) is 0 Å². The first-order valence-corrected chi connectivity index (χ1v) is 10.4. The van der Waals surface area contributed by atoms with E-state index in [1.165, 1.54) is 30.3 Å². The van der Waals surface area contributed by atoms with Crippen molar-refractivity contribution in [3.63, 3.8) is 0 Å². The van der Waals surface area contributed by atoms with Gasteiger partial charge in [0.15, 0.2) is 0 Å². The normalized spacial score (nSPS) is 12.6. The van der Waals surface area contributed by atoms with Gasteiger partial charge in [0.1, 0.15) is 24.3 Å². The number of benzene rings is 1. The van der Waals surface area contributed by atoms with Gasteiger partial charge in [0.2, 0.25) is 11.8 Å². The lowest BCUT2D eigenvalue weighted by Gasteiger charge is -2.24. The summed E-state index contributed by atoms with van der Waals surface area (Å²) in [5.41, 5.74) is 5.02. The molecular formula is C22H30N4O8. The molecule has 2 atom stereocenters. The van der Waals surface area contributed by atoms with Crippen LogP contribution in [0.2, 0.25) is 0 Å². The average Bonchev–Trinajstić information content (AvgIpc) is 2.73. The van der Waals surface area contributed by atoms with Crippen LogP contribution in [0.25, 0.3) is 0 Å². The second kappa shape index (κ2) is 12.9. The number of nitrogens with one attached hydrogen (secondary N) is 2. The molecule has 1 aromatic rings. The van der Waals surface area contributed by atoms with E-state index in [0.717, 1.165) is 0 Å². The number of rotatable bonds is 12. The number of amides is 3. The number of hydrogen-bond donors (Lipinski definition) is 3. The molecule has 0 aromatic heterocycles. The highest BCUT2D eigenvalue weighted by Crippen LogP contribution is 2.13. The molecule has 0 radical (unpaired) electrons. The average molecular weight is 479 g/mol. The molecular weight excluding hydrogens is 448 g/mol. The smallest absolute Gasteiger partial charge is 0.408 e. The Balaban J connectivity index is 2.62. The number of nitrogens with zero attached hydrogens (tertiary/aromatic N) is 1. The molecule has 12 heteroatoms. The van der Waals surface area contributed by atoms with Gasteiger partial charge in [-0.25, -0.2) is 4.79 Å². The number of hydrogen-bond acceptors (Lipinski definition) is 8. The van der Waals surface area contributed by atoms with Crippen molar-refractivity contribution in [1.82, 2.24) is 10.6 Å². The first kappa shape index (κ1) is 28.1. The summed E-state index contributed by atoms with van der Waals surface area (Å²) in [6.07, 6.45) is 0.296. The van der Waals surface area contributed by atoms with Crippen molar-refractivity contribution in [2.75, 3.05) is 0 Å². The monoisotopic (exact) mass is 478 g/mol.